The molecule has 0 aliphatic heterocycles. The van der Waals surface area contributed by atoms with Gasteiger partial charge in [0.25, 0.3) is 0 Å². The molecule has 0 saturated carbocycles. The Balaban J connectivity index is 1.65. The molecule has 1 aliphatic rings. The monoisotopic (exact) mass is 424 g/mol. The summed E-state index contributed by atoms with van der Waals surface area (Å²) in [7, 11) is 1.25. The molecule has 0 radical (unpaired) electrons. The molecule has 3 rings (SSSR count). The number of amides is 2. The third-order valence-corrected chi connectivity index (χ3v) is 5.48. The number of hydrogen-bond donors (Lipinski definition) is 2. The predicted octanol–water partition coefficient (Wildman–Crippen LogP) is 3.23. The Hall–Kier alpha value is -3.35. The van der Waals surface area contributed by atoms with Crippen LogP contribution in [0.1, 0.15) is 37.8 Å². The lowest BCUT2D eigenvalue weighted by molar-refractivity contribution is -0.144. The van der Waals surface area contributed by atoms with Gasteiger partial charge in [0.2, 0.25) is 5.91 Å². The van der Waals surface area contributed by atoms with Crippen molar-refractivity contribution in [2.75, 3.05) is 13.7 Å². The zero-order valence-corrected chi connectivity index (χ0v) is 18.2. The lowest BCUT2D eigenvalue weighted by atomic mass is 9.98. The summed E-state index contributed by atoms with van der Waals surface area (Å²) in [6, 6.07) is 14.5. The zero-order valence-electron chi connectivity index (χ0n) is 18.2. The summed E-state index contributed by atoms with van der Waals surface area (Å²) in [4.78, 5) is 36.6. The molecule has 0 aromatic heterocycles. The van der Waals surface area contributed by atoms with Crippen molar-refractivity contribution in [3.05, 3.63) is 59.7 Å². The van der Waals surface area contributed by atoms with E-state index in [1.165, 1.54) is 14.0 Å². The van der Waals surface area contributed by atoms with E-state index in [2.05, 4.69) is 27.5 Å². The molecule has 0 spiro atoms. The zero-order chi connectivity index (χ0) is 22.5. The van der Waals surface area contributed by atoms with Gasteiger partial charge in [0.15, 0.2) is 0 Å². The van der Waals surface area contributed by atoms with Gasteiger partial charge < -0.3 is 20.1 Å². The van der Waals surface area contributed by atoms with Crippen LogP contribution < -0.4 is 10.6 Å². The molecule has 2 aromatic carbocycles. The molecule has 1 aliphatic carbocycles. The largest absolute Gasteiger partial charge is 0.467 e. The number of alkyl carbamates (subject to hydrolysis) is 1. The number of rotatable bonds is 7. The summed E-state index contributed by atoms with van der Waals surface area (Å²) < 4.78 is 10.1. The van der Waals surface area contributed by atoms with Gasteiger partial charge in [-0.05, 0) is 35.1 Å². The minimum absolute atomic E-state index is 0.0659. The van der Waals surface area contributed by atoms with Crippen molar-refractivity contribution in [2.24, 2.45) is 5.92 Å². The highest BCUT2D eigenvalue weighted by atomic mass is 16.5. The van der Waals surface area contributed by atoms with Crippen LogP contribution in [0.5, 0.6) is 0 Å². The van der Waals surface area contributed by atoms with Gasteiger partial charge in [-0.3, -0.25) is 4.79 Å². The van der Waals surface area contributed by atoms with Crippen molar-refractivity contribution in [3.63, 3.8) is 0 Å². The lowest BCUT2D eigenvalue weighted by Gasteiger charge is -2.23. The average molecular weight is 424 g/mol. The summed E-state index contributed by atoms with van der Waals surface area (Å²) in [6.45, 7) is 5.28. The van der Waals surface area contributed by atoms with E-state index in [1.54, 1.807) is 13.8 Å². The van der Waals surface area contributed by atoms with Gasteiger partial charge in [0.1, 0.15) is 18.7 Å². The number of esters is 1. The van der Waals surface area contributed by atoms with Gasteiger partial charge in [-0.15, -0.1) is 0 Å². The highest BCUT2D eigenvalue weighted by Gasteiger charge is 2.31. The van der Waals surface area contributed by atoms with Crippen LogP contribution in [0.15, 0.2) is 48.5 Å². The first kappa shape index (κ1) is 22.3. The van der Waals surface area contributed by atoms with E-state index in [0.717, 1.165) is 22.3 Å². The second kappa shape index (κ2) is 9.64. The Bertz CT molecular complexity index is 926. The first-order chi connectivity index (χ1) is 14.8. The van der Waals surface area contributed by atoms with E-state index in [4.69, 9.17) is 4.74 Å². The second-order valence-corrected chi connectivity index (χ2v) is 7.95. The predicted molar refractivity (Wildman–Crippen MR) is 116 cm³/mol. The number of benzene rings is 2. The molecule has 31 heavy (non-hydrogen) atoms. The molecule has 0 bridgehead atoms. The molecule has 7 heteroatoms. The van der Waals surface area contributed by atoms with Crippen LogP contribution in [0.4, 0.5) is 4.79 Å². The van der Waals surface area contributed by atoms with Crippen LogP contribution in [-0.2, 0) is 19.1 Å². The Morgan fingerprint density at radius 3 is 1.97 bits per heavy atom. The summed E-state index contributed by atoms with van der Waals surface area (Å²) in [5.74, 6) is -1.30. The molecule has 2 aromatic rings. The normalized spacial score (nSPS) is 14.2. The number of fused-ring (bicyclic) bond motifs is 3. The van der Waals surface area contributed by atoms with E-state index < -0.39 is 30.1 Å². The maximum atomic E-state index is 12.5. The second-order valence-electron chi connectivity index (χ2n) is 7.95. The average Bonchev–Trinajstić information content (AvgIpc) is 3.08. The Labute approximate surface area is 182 Å². The summed E-state index contributed by atoms with van der Waals surface area (Å²) in [6.07, 6.45) is -0.679. The standard InChI is InChI=1S/C24H28N2O5/c1-14(2)21(22(27)25-15(3)23(28)30-4)26-24(29)31-13-20-18-11-7-5-9-16(18)17-10-6-8-12-19(17)20/h5-12,14-15,20-21H,13H2,1-4H3,(H,25,27)(H,26,29)/t15-,21-/m0/s1. The highest BCUT2D eigenvalue weighted by molar-refractivity contribution is 5.89. The van der Waals surface area contributed by atoms with Gasteiger partial charge in [0, 0.05) is 5.92 Å². The van der Waals surface area contributed by atoms with Crippen LogP contribution in [0.3, 0.4) is 0 Å². The third kappa shape index (κ3) is 4.87. The van der Waals surface area contributed by atoms with E-state index in [0.29, 0.717) is 0 Å². The summed E-state index contributed by atoms with van der Waals surface area (Å²) in [5, 5.41) is 5.18. The third-order valence-electron chi connectivity index (χ3n) is 5.48. The van der Waals surface area contributed by atoms with Crippen molar-refractivity contribution >= 4 is 18.0 Å². The maximum absolute atomic E-state index is 12.5. The lowest BCUT2D eigenvalue weighted by Crippen LogP contribution is -2.53. The number of methoxy groups -OCH3 is 1. The fraction of sp³-hybridized carbons (Fsp3) is 0.375. The molecule has 0 unspecified atom stereocenters. The number of nitrogens with one attached hydrogen (secondary N) is 2. The van der Waals surface area contributed by atoms with Crippen LogP contribution in [0.25, 0.3) is 11.1 Å². The van der Waals surface area contributed by atoms with Gasteiger partial charge >= 0.3 is 12.1 Å². The van der Waals surface area contributed by atoms with Gasteiger partial charge in [-0.25, -0.2) is 9.59 Å². The Kier molecular flexibility index (Phi) is 6.95. The number of hydrogen-bond acceptors (Lipinski definition) is 5. The van der Waals surface area contributed by atoms with Gasteiger partial charge in [0.05, 0.1) is 7.11 Å². The summed E-state index contributed by atoms with van der Waals surface area (Å²) >= 11 is 0. The number of carbonyl (C=O) groups is 3. The van der Waals surface area contributed by atoms with Crippen LogP contribution in [-0.4, -0.2) is 43.8 Å². The molecule has 2 amide bonds. The van der Waals surface area contributed by atoms with Crippen LogP contribution in [0.2, 0.25) is 0 Å². The van der Waals surface area contributed by atoms with Gasteiger partial charge in [-0.1, -0.05) is 62.4 Å². The first-order valence-corrected chi connectivity index (χ1v) is 10.3. The summed E-state index contributed by atoms with van der Waals surface area (Å²) in [5.41, 5.74) is 4.51. The van der Waals surface area contributed by atoms with Crippen molar-refractivity contribution in [2.45, 2.75) is 38.8 Å². The topological polar surface area (TPSA) is 93.7 Å². The van der Waals surface area contributed by atoms with E-state index in [9.17, 15) is 14.4 Å². The molecule has 0 fully saturated rings. The molecular formula is C24H28N2O5. The van der Waals surface area contributed by atoms with E-state index >= 15 is 0 Å². The van der Waals surface area contributed by atoms with Crippen molar-refractivity contribution in [1.29, 1.82) is 0 Å². The molecule has 164 valence electrons. The highest BCUT2D eigenvalue weighted by Crippen LogP contribution is 2.44. The van der Waals surface area contributed by atoms with Crippen molar-refractivity contribution in [3.8, 4) is 11.1 Å². The molecule has 0 heterocycles. The fourth-order valence-electron chi connectivity index (χ4n) is 3.84. The first-order valence-electron chi connectivity index (χ1n) is 10.3. The van der Waals surface area contributed by atoms with Crippen LogP contribution in [0, 0.1) is 5.92 Å². The quantitative estimate of drug-likeness (QED) is 0.666. The molecule has 2 atom stereocenters. The minimum Gasteiger partial charge on any atom is -0.467 e. The molecular weight excluding hydrogens is 396 g/mol. The van der Waals surface area contributed by atoms with Crippen molar-refractivity contribution in [1.82, 2.24) is 10.6 Å². The smallest absolute Gasteiger partial charge is 0.407 e. The maximum Gasteiger partial charge on any atom is 0.407 e. The van der Waals surface area contributed by atoms with Crippen molar-refractivity contribution < 1.29 is 23.9 Å². The minimum atomic E-state index is -0.845. The Morgan fingerprint density at radius 1 is 0.903 bits per heavy atom. The van der Waals surface area contributed by atoms with Crippen LogP contribution >= 0.6 is 0 Å². The fourth-order valence-corrected chi connectivity index (χ4v) is 3.84. The van der Waals surface area contributed by atoms with E-state index in [1.807, 2.05) is 36.4 Å². The number of ether oxygens (including phenoxy) is 2. The molecule has 2 N–H and O–H groups in total. The van der Waals surface area contributed by atoms with Gasteiger partial charge in [-0.2, -0.15) is 0 Å². The van der Waals surface area contributed by atoms with E-state index in [-0.39, 0.29) is 18.4 Å². The Morgan fingerprint density at radius 2 is 1.45 bits per heavy atom. The SMILES string of the molecule is COC(=O)[C@H](C)NC(=O)[C@@H](NC(=O)OCC1c2ccccc2-c2ccccc21)C(C)C. The number of carbonyl (C=O) groups excluding carboxylic acids is 3. The molecule has 0 saturated heterocycles. The molecule has 7 nitrogen and oxygen atoms in total.